The van der Waals surface area contributed by atoms with Gasteiger partial charge in [0.15, 0.2) is 0 Å². The zero-order valence-electron chi connectivity index (χ0n) is 12.7. The van der Waals surface area contributed by atoms with E-state index in [0.717, 1.165) is 16.5 Å². The second-order valence-electron chi connectivity index (χ2n) is 4.75. The molecule has 1 aromatic heterocycles. The molecule has 0 aliphatic carbocycles. The molecule has 23 heavy (non-hydrogen) atoms. The number of aromatic nitrogens is 3. The monoisotopic (exact) mass is 340 g/mol. The Bertz CT molecular complexity index is 767. The lowest BCUT2D eigenvalue weighted by atomic mass is 10.2. The zero-order chi connectivity index (χ0) is 15.9. The Balaban J connectivity index is 1.66. The highest BCUT2D eigenvalue weighted by Gasteiger charge is 2.04. The van der Waals surface area contributed by atoms with Crippen LogP contribution in [0.4, 0.5) is 0 Å². The first-order valence-corrected chi connectivity index (χ1v) is 9.31. The van der Waals surface area contributed by atoms with E-state index in [2.05, 4.69) is 58.0 Å². The fourth-order valence-electron chi connectivity index (χ4n) is 1.93. The molecule has 0 aliphatic rings. The first kappa shape index (κ1) is 15.8. The fourth-order valence-corrected chi connectivity index (χ4v) is 3.16. The molecule has 3 aromatic rings. The van der Waals surface area contributed by atoms with Gasteiger partial charge in [-0.25, -0.2) is 0 Å². The fraction of sp³-hybridized carbons (Fsp3) is 0.118. The van der Waals surface area contributed by atoms with Gasteiger partial charge in [0, 0.05) is 10.6 Å². The van der Waals surface area contributed by atoms with Gasteiger partial charge < -0.3 is 0 Å². The minimum atomic E-state index is 0.783. The average molecular weight is 340 g/mol. The van der Waals surface area contributed by atoms with Crippen LogP contribution in [-0.2, 0) is 5.75 Å². The number of nitrogens with zero attached hydrogens (tertiary/aromatic N) is 4. The first-order valence-electron chi connectivity index (χ1n) is 7.10. The van der Waals surface area contributed by atoms with Crippen LogP contribution >= 0.6 is 23.5 Å². The summed E-state index contributed by atoms with van der Waals surface area (Å²) in [7, 11) is 0. The molecule has 0 amide bonds. The SMILES string of the molecule is CSc1ccc(/C=N\n2cnnc2SCc2ccccc2)cc1. The maximum absolute atomic E-state index is 4.44. The van der Waals surface area contributed by atoms with Gasteiger partial charge in [0.1, 0.15) is 6.33 Å². The maximum atomic E-state index is 4.44. The van der Waals surface area contributed by atoms with E-state index < -0.39 is 0 Å². The molecule has 4 nitrogen and oxygen atoms in total. The predicted molar refractivity (Wildman–Crippen MR) is 97.2 cm³/mol. The highest BCUT2D eigenvalue weighted by molar-refractivity contribution is 7.98. The molecule has 0 fully saturated rings. The molecule has 116 valence electrons. The Morgan fingerprint density at radius 3 is 2.61 bits per heavy atom. The van der Waals surface area contributed by atoms with Crippen molar-refractivity contribution < 1.29 is 0 Å². The van der Waals surface area contributed by atoms with E-state index in [-0.39, 0.29) is 0 Å². The third-order valence-corrected chi connectivity index (χ3v) is 4.91. The zero-order valence-corrected chi connectivity index (χ0v) is 14.3. The second-order valence-corrected chi connectivity index (χ2v) is 6.57. The Kier molecular flexibility index (Phi) is 5.50. The molecular weight excluding hydrogens is 324 g/mol. The summed E-state index contributed by atoms with van der Waals surface area (Å²) in [4.78, 5) is 1.24. The molecule has 0 saturated heterocycles. The summed E-state index contributed by atoms with van der Waals surface area (Å²) < 4.78 is 1.70. The van der Waals surface area contributed by atoms with Crippen LogP contribution in [0.15, 0.2) is 76.1 Å². The van der Waals surface area contributed by atoms with Crippen LogP contribution in [0.3, 0.4) is 0 Å². The maximum Gasteiger partial charge on any atom is 0.212 e. The lowest BCUT2D eigenvalue weighted by molar-refractivity contribution is 0.767. The van der Waals surface area contributed by atoms with Gasteiger partial charge in [-0.2, -0.15) is 9.78 Å². The van der Waals surface area contributed by atoms with Crippen molar-refractivity contribution in [2.24, 2.45) is 5.10 Å². The van der Waals surface area contributed by atoms with Gasteiger partial charge in [0.2, 0.25) is 5.16 Å². The number of benzene rings is 2. The molecule has 0 unspecified atom stereocenters. The van der Waals surface area contributed by atoms with E-state index in [1.54, 1.807) is 34.5 Å². The summed E-state index contributed by atoms with van der Waals surface area (Å²) in [5, 5.41) is 13.3. The highest BCUT2D eigenvalue weighted by atomic mass is 32.2. The first-order chi connectivity index (χ1) is 11.3. The third-order valence-electron chi connectivity index (χ3n) is 3.16. The Morgan fingerprint density at radius 2 is 1.87 bits per heavy atom. The van der Waals surface area contributed by atoms with Gasteiger partial charge in [-0.1, -0.05) is 54.2 Å². The second kappa shape index (κ2) is 7.99. The molecule has 0 N–H and O–H groups in total. The molecule has 0 aliphatic heterocycles. The number of thioether (sulfide) groups is 2. The van der Waals surface area contributed by atoms with Crippen molar-refractivity contribution in [3.05, 3.63) is 72.1 Å². The van der Waals surface area contributed by atoms with E-state index in [0.29, 0.717) is 0 Å². The van der Waals surface area contributed by atoms with Crippen LogP contribution in [0, 0.1) is 0 Å². The number of hydrogen-bond acceptors (Lipinski definition) is 5. The minimum Gasteiger partial charge on any atom is -0.195 e. The summed E-state index contributed by atoms with van der Waals surface area (Å²) in [5.74, 6) is 0.845. The van der Waals surface area contributed by atoms with Crippen molar-refractivity contribution in [1.82, 2.24) is 14.9 Å². The Labute approximate surface area is 144 Å². The van der Waals surface area contributed by atoms with Crippen LogP contribution in [0.2, 0.25) is 0 Å². The van der Waals surface area contributed by atoms with Crippen LogP contribution in [0.1, 0.15) is 11.1 Å². The molecule has 0 spiro atoms. The lowest BCUT2D eigenvalue weighted by Crippen LogP contribution is -1.92. The van der Waals surface area contributed by atoms with Gasteiger partial charge in [-0.15, -0.1) is 22.0 Å². The third kappa shape index (κ3) is 4.46. The van der Waals surface area contributed by atoms with Gasteiger partial charge in [-0.3, -0.25) is 0 Å². The summed E-state index contributed by atoms with van der Waals surface area (Å²) in [5.41, 5.74) is 2.30. The van der Waals surface area contributed by atoms with Crippen molar-refractivity contribution in [1.29, 1.82) is 0 Å². The molecular formula is C17H16N4S2. The van der Waals surface area contributed by atoms with Crippen LogP contribution in [-0.4, -0.2) is 27.3 Å². The van der Waals surface area contributed by atoms with E-state index in [1.165, 1.54) is 10.5 Å². The van der Waals surface area contributed by atoms with Crippen molar-refractivity contribution in [3.63, 3.8) is 0 Å². The van der Waals surface area contributed by atoms with Crippen LogP contribution < -0.4 is 0 Å². The molecule has 3 rings (SSSR count). The normalized spacial score (nSPS) is 11.2. The molecule has 0 atom stereocenters. The summed E-state index contributed by atoms with van der Waals surface area (Å²) in [6.07, 6.45) is 5.51. The number of hydrogen-bond donors (Lipinski definition) is 0. The van der Waals surface area contributed by atoms with Gasteiger partial charge in [0.05, 0.1) is 6.21 Å². The number of rotatable bonds is 6. The van der Waals surface area contributed by atoms with Crippen LogP contribution in [0.25, 0.3) is 0 Å². The van der Waals surface area contributed by atoms with Gasteiger partial charge in [0.25, 0.3) is 0 Å². The Hall–Kier alpha value is -2.05. The molecule has 2 aromatic carbocycles. The lowest BCUT2D eigenvalue weighted by Gasteiger charge is -2.01. The molecule has 6 heteroatoms. The summed E-state index contributed by atoms with van der Waals surface area (Å²) in [6, 6.07) is 18.6. The van der Waals surface area contributed by atoms with Crippen LogP contribution in [0.5, 0.6) is 0 Å². The predicted octanol–water partition coefficient (Wildman–Crippen LogP) is 4.17. The van der Waals surface area contributed by atoms with Gasteiger partial charge in [-0.05, 0) is 29.5 Å². The molecule has 1 heterocycles. The Morgan fingerprint density at radius 1 is 1.09 bits per heavy atom. The van der Waals surface area contributed by atoms with E-state index in [4.69, 9.17) is 0 Å². The van der Waals surface area contributed by atoms with Crippen molar-refractivity contribution in [2.75, 3.05) is 6.26 Å². The highest BCUT2D eigenvalue weighted by Crippen LogP contribution is 2.20. The molecule has 0 radical (unpaired) electrons. The molecule has 0 bridgehead atoms. The summed E-state index contributed by atoms with van der Waals surface area (Å²) >= 11 is 3.35. The topological polar surface area (TPSA) is 43.1 Å². The van der Waals surface area contributed by atoms with Crippen molar-refractivity contribution in [3.8, 4) is 0 Å². The van der Waals surface area contributed by atoms with Gasteiger partial charge >= 0.3 is 0 Å². The van der Waals surface area contributed by atoms with Crippen molar-refractivity contribution in [2.45, 2.75) is 15.8 Å². The largest absolute Gasteiger partial charge is 0.212 e. The molecule has 0 saturated carbocycles. The summed E-state index contributed by atoms with van der Waals surface area (Å²) in [6.45, 7) is 0. The minimum absolute atomic E-state index is 0.783. The van der Waals surface area contributed by atoms with E-state index >= 15 is 0 Å². The standard InChI is InChI=1S/C17H16N4S2/c1-22-16-9-7-14(8-10-16)11-19-21-13-18-20-17(21)23-12-15-5-3-2-4-6-15/h2-11,13H,12H2,1H3/b19-11-. The quantitative estimate of drug-likeness (QED) is 0.499. The smallest absolute Gasteiger partial charge is 0.195 e. The van der Waals surface area contributed by atoms with E-state index in [1.807, 2.05) is 24.4 Å². The average Bonchev–Trinajstić information content (AvgIpc) is 3.07. The van der Waals surface area contributed by atoms with Crippen molar-refractivity contribution >= 4 is 29.7 Å². The van der Waals surface area contributed by atoms with E-state index in [9.17, 15) is 0 Å².